The summed E-state index contributed by atoms with van der Waals surface area (Å²) in [5.74, 6) is -1.87. The lowest BCUT2D eigenvalue weighted by atomic mass is 10.0. The first-order chi connectivity index (χ1) is 12.1. The minimum atomic E-state index is -0.812. The molecule has 5 nitrogen and oxygen atoms in total. The Hall–Kier alpha value is -1.57. The van der Waals surface area contributed by atoms with Crippen molar-refractivity contribution in [3.05, 3.63) is 35.4 Å². The summed E-state index contributed by atoms with van der Waals surface area (Å²) in [7, 11) is 0. The van der Waals surface area contributed by atoms with E-state index in [1.165, 1.54) is 6.07 Å². The maximum Gasteiger partial charge on any atom is 0.257 e. The molecular formula is C18H24F2N2O3. The largest absolute Gasteiger partial charge is 0.381 e. The zero-order valence-corrected chi connectivity index (χ0v) is 14.3. The highest BCUT2D eigenvalue weighted by Gasteiger charge is 2.28. The summed E-state index contributed by atoms with van der Waals surface area (Å²) in [6, 6.07) is 3.14. The number of benzene rings is 1. The monoisotopic (exact) mass is 354 g/mol. The average Bonchev–Trinajstić information content (AvgIpc) is 2.63. The number of halogens is 2. The van der Waals surface area contributed by atoms with E-state index in [9.17, 15) is 13.6 Å². The normalized spacial score (nSPS) is 19.8. The minimum absolute atomic E-state index is 0.0201. The van der Waals surface area contributed by atoms with Gasteiger partial charge in [0, 0.05) is 51.5 Å². The minimum Gasteiger partial charge on any atom is -0.381 e. The Labute approximate surface area is 146 Å². The van der Waals surface area contributed by atoms with Crippen molar-refractivity contribution >= 4 is 5.91 Å². The maximum atomic E-state index is 14.1. The molecule has 0 radical (unpaired) electrons. The number of rotatable bonds is 5. The lowest BCUT2D eigenvalue weighted by Crippen LogP contribution is -2.48. The highest BCUT2D eigenvalue weighted by molar-refractivity contribution is 5.94. The first-order valence-electron chi connectivity index (χ1n) is 8.79. The Bertz CT molecular complexity index is 588. The number of nitrogens with zero attached hydrogens (tertiary/aromatic N) is 2. The molecule has 0 N–H and O–H groups in total. The second-order valence-electron chi connectivity index (χ2n) is 6.42. The van der Waals surface area contributed by atoms with Crippen LogP contribution in [-0.2, 0) is 9.47 Å². The molecule has 1 aromatic rings. The highest BCUT2D eigenvalue weighted by atomic mass is 19.1. The molecule has 138 valence electrons. The number of morpholine rings is 1. The van der Waals surface area contributed by atoms with Crippen molar-refractivity contribution in [2.45, 2.75) is 18.9 Å². The Kier molecular flexibility index (Phi) is 6.34. The number of carbonyl (C=O) groups is 1. The summed E-state index contributed by atoms with van der Waals surface area (Å²) < 4.78 is 38.0. The van der Waals surface area contributed by atoms with Crippen LogP contribution in [0.25, 0.3) is 0 Å². The molecule has 0 bridgehead atoms. The fraction of sp³-hybridized carbons (Fsp3) is 0.611. The van der Waals surface area contributed by atoms with Crippen LogP contribution < -0.4 is 0 Å². The molecule has 1 amide bonds. The van der Waals surface area contributed by atoms with Gasteiger partial charge in [-0.1, -0.05) is 0 Å². The Morgan fingerprint density at radius 1 is 1.12 bits per heavy atom. The summed E-state index contributed by atoms with van der Waals surface area (Å²) >= 11 is 0. The van der Waals surface area contributed by atoms with E-state index >= 15 is 0 Å². The molecule has 0 spiro atoms. The Morgan fingerprint density at radius 3 is 2.48 bits per heavy atom. The van der Waals surface area contributed by atoms with Crippen LogP contribution in [0.2, 0.25) is 0 Å². The molecule has 2 aliphatic rings. The lowest BCUT2D eigenvalue weighted by molar-refractivity contribution is 0.0139. The molecule has 2 fully saturated rings. The van der Waals surface area contributed by atoms with E-state index in [0.717, 1.165) is 44.6 Å². The summed E-state index contributed by atoms with van der Waals surface area (Å²) in [4.78, 5) is 16.9. The first kappa shape index (κ1) is 18.2. The van der Waals surface area contributed by atoms with Gasteiger partial charge in [0.05, 0.1) is 18.8 Å². The van der Waals surface area contributed by atoms with Crippen LogP contribution in [0.3, 0.4) is 0 Å². The van der Waals surface area contributed by atoms with Gasteiger partial charge in [-0.25, -0.2) is 8.78 Å². The lowest BCUT2D eigenvalue weighted by Gasteiger charge is -2.36. The van der Waals surface area contributed by atoms with E-state index in [-0.39, 0.29) is 17.5 Å². The van der Waals surface area contributed by atoms with Gasteiger partial charge in [-0.3, -0.25) is 9.69 Å². The predicted molar refractivity (Wildman–Crippen MR) is 88.5 cm³/mol. The molecule has 0 atom stereocenters. The van der Waals surface area contributed by atoms with Gasteiger partial charge in [-0.2, -0.15) is 0 Å². The van der Waals surface area contributed by atoms with Crippen LogP contribution in [0.1, 0.15) is 23.2 Å². The predicted octanol–water partition coefficient (Wildman–Crippen LogP) is 1.92. The van der Waals surface area contributed by atoms with E-state index in [2.05, 4.69) is 4.90 Å². The van der Waals surface area contributed by atoms with Crippen molar-refractivity contribution in [3.63, 3.8) is 0 Å². The number of amides is 1. The van der Waals surface area contributed by atoms with Gasteiger partial charge >= 0.3 is 0 Å². The van der Waals surface area contributed by atoms with Crippen molar-refractivity contribution in [2.24, 2.45) is 0 Å². The highest BCUT2D eigenvalue weighted by Crippen LogP contribution is 2.20. The Balaban J connectivity index is 1.73. The molecule has 2 aliphatic heterocycles. The second kappa shape index (κ2) is 8.69. The molecule has 0 saturated carbocycles. The fourth-order valence-corrected chi connectivity index (χ4v) is 3.34. The van der Waals surface area contributed by atoms with Crippen molar-refractivity contribution in [2.75, 3.05) is 52.6 Å². The first-order valence-corrected chi connectivity index (χ1v) is 8.79. The van der Waals surface area contributed by atoms with Gasteiger partial charge < -0.3 is 14.4 Å². The molecular weight excluding hydrogens is 330 g/mol. The molecule has 0 unspecified atom stereocenters. The van der Waals surface area contributed by atoms with Gasteiger partial charge in [-0.05, 0) is 25.0 Å². The average molecular weight is 354 g/mol. The van der Waals surface area contributed by atoms with E-state index in [0.29, 0.717) is 33.0 Å². The Morgan fingerprint density at radius 2 is 1.80 bits per heavy atom. The summed E-state index contributed by atoms with van der Waals surface area (Å²) in [5.41, 5.74) is -0.0742. The van der Waals surface area contributed by atoms with Crippen molar-refractivity contribution in [3.8, 4) is 0 Å². The summed E-state index contributed by atoms with van der Waals surface area (Å²) in [6.45, 7) is 5.47. The van der Waals surface area contributed by atoms with Gasteiger partial charge in [0.1, 0.15) is 11.6 Å². The third-order valence-electron chi connectivity index (χ3n) is 4.81. The van der Waals surface area contributed by atoms with E-state index in [4.69, 9.17) is 9.47 Å². The van der Waals surface area contributed by atoms with Crippen LogP contribution >= 0.6 is 0 Å². The quantitative estimate of drug-likeness (QED) is 0.810. The number of hydrogen-bond acceptors (Lipinski definition) is 4. The molecule has 2 heterocycles. The maximum absolute atomic E-state index is 14.1. The summed E-state index contributed by atoms with van der Waals surface area (Å²) in [6.07, 6.45) is 1.47. The smallest absolute Gasteiger partial charge is 0.257 e. The van der Waals surface area contributed by atoms with E-state index in [1.807, 2.05) is 0 Å². The molecule has 0 aliphatic carbocycles. The van der Waals surface area contributed by atoms with Crippen molar-refractivity contribution in [1.82, 2.24) is 9.80 Å². The van der Waals surface area contributed by atoms with E-state index < -0.39 is 11.6 Å². The number of hydrogen-bond donors (Lipinski definition) is 0. The van der Waals surface area contributed by atoms with Crippen LogP contribution in [-0.4, -0.2) is 74.4 Å². The summed E-state index contributed by atoms with van der Waals surface area (Å²) in [5, 5.41) is 0. The molecule has 3 rings (SSSR count). The topological polar surface area (TPSA) is 42.0 Å². The second-order valence-corrected chi connectivity index (χ2v) is 6.42. The van der Waals surface area contributed by atoms with Gasteiger partial charge in [0.25, 0.3) is 5.91 Å². The number of carbonyl (C=O) groups excluding carboxylic acids is 1. The van der Waals surface area contributed by atoms with Crippen LogP contribution in [0.15, 0.2) is 18.2 Å². The zero-order valence-electron chi connectivity index (χ0n) is 14.3. The van der Waals surface area contributed by atoms with Gasteiger partial charge in [-0.15, -0.1) is 0 Å². The fourth-order valence-electron chi connectivity index (χ4n) is 3.34. The molecule has 2 saturated heterocycles. The van der Waals surface area contributed by atoms with Crippen LogP contribution in [0.5, 0.6) is 0 Å². The van der Waals surface area contributed by atoms with Crippen molar-refractivity contribution < 1.29 is 23.0 Å². The molecule has 25 heavy (non-hydrogen) atoms. The zero-order chi connectivity index (χ0) is 17.6. The van der Waals surface area contributed by atoms with Gasteiger partial charge in [0.15, 0.2) is 0 Å². The molecule has 7 heteroatoms. The third kappa shape index (κ3) is 4.74. The van der Waals surface area contributed by atoms with Crippen LogP contribution in [0.4, 0.5) is 8.78 Å². The third-order valence-corrected chi connectivity index (χ3v) is 4.81. The van der Waals surface area contributed by atoms with Crippen LogP contribution in [0, 0.1) is 11.6 Å². The van der Waals surface area contributed by atoms with Gasteiger partial charge in [0.2, 0.25) is 0 Å². The molecule has 0 aromatic heterocycles. The number of ether oxygens (including phenoxy) is 2. The van der Waals surface area contributed by atoms with Crippen molar-refractivity contribution in [1.29, 1.82) is 0 Å². The molecule has 1 aromatic carbocycles. The standard InChI is InChI=1S/C18H24F2N2O3/c19-14-1-2-16(17(20)13-14)18(23)22(15-3-9-24-10-4-15)6-5-21-7-11-25-12-8-21/h1-2,13,15H,3-12H2. The SMILES string of the molecule is O=C(c1ccc(F)cc1F)N(CCN1CCOCC1)C1CCOCC1. The van der Waals surface area contributed by atoms with E-state index in [1.54, 1.807) is 4.90 Å².